The first kappa shape index (κ1) is 16.4. The molecular formula is C19H16N4O2S. The van der Waals surface area contributed by atoms with E-state index in [1.165, 1.54) is 0 Å². The number of aromatic nitrogens is 3. The van der Waals surface area contributed by atoms with Crippen LogP contribution in [0.15, 0.2) is 47.3 Å². The molecule has 0 bridgehead atoms. The zero-order valence-corrected chi connectivity index (χ0v) is 15.1. The van der Waals surface area contributed by atoms with Gasteiger partial charge in [0.2, 0.25) is 5.56 Å². The number of carbonyl (C=O) groups is 1. The van der Waals surface area contributed by atoms with Crippen LogP contribution in [0.4, 0.5) is 5.69 Å². The van der Waals surface area contributed by atoms with Crippen LogP contribution in [0.1, 0.15) is 35.7 Å². The number of rotatable bonds is 3. The van der Waals surface area contributed by atoms with Gasteiger partial charge in [-0.25, -0.2) is 0 Å². The molecule has 4 aromatic rings. The van der Waals surface area contributed by atoms with Crippen molar-refractivity contribution in [3.8, 4) is 0 Å². The minimum Gasteiger partial charge on any atom is -0.322 e. The molecule has 1 amide bonds. The quantitative estimate of drug-likeness (QED) is 0.577. The molecule has 0 fully saturated rings. The van der Waals surface area contributed by atoms with Gasteiger partial charge in [0.15, 0.2) is 0 Å². The number of hydrogen-bond acceptors (Lipinski definition) is 5. The van der Waals surface area contributed by atoms with Crippen molar-refractivity contribution < 1.29 is 4.79 Å². The highest BCUT2D eigenvalue weighted by Gasteiger charge is 2.11. The van der Waals surface area contributed by atoms with Crippen LogP contribution in [0.5, 0.6) is 0 Å². The highest BCUT2D eigenvalue weighted by Crippen LogP contribution is 2.25. The number of pyridine rings is 1. The Morgan fingerprint density at radius 3 is 2.69 bits per heavy atom. The smallest absolute Gasteiger partial charge is 0.255 e. The van der Waals surface area contributed by atoms with E-state index in [9.17, 15) is 9.59 Å². The summed E-state index contributed by atoms with van der Waals surface area (Å²) in [4.78, 5) is 27.3. The summed E-state index contributed by atoms with van der Waals surface area (Å²) < 4.78 is 8.29. The second-order valence-corrected chi connectivity index (χ2v) is 6.95. The topological polar surface area (TPSA) is 87.7 Å². The Morgan fingerprint density at radius 1 is 1.08 bits per heavy atom. The fourth-order valence-electron chi connectivity index (χ4n) is 2.97. The first-order valence-corrected chi connectivity index (χ1v) is 8.95. The summed E-state index contributed by atoms with van der Waals surface area (Å²) >= 11 is 1.12. The molecule has 2 aromatic carbocycles. The highest BCUT2D eigenvalue weighted by atomic mass is 32.1. The van der Waals surface area contributed by atoms with E-state index in [0.29, 0.717) is 22.3 Å². The first-order valence-electron chi connectivity index (χ1n) is 8.22. The van der Waals surface area contributed by atoms with Crippen LogP contribution in [0.2, 0.25) is 0 Å². The summed E-state index contributed by atoms with van der Waals surface area (Å²) in [7, 11) is 0. The molecule has 2 heterocycles. The third-order valence-corrected chi connectivity index (χ3v) is 4.83. The van der Waals surface area contributed by atoms with Crippen LogP contribution < -0.4 is 10.9 Å². The predicted molar refractivity (Wildman–Crippen MR) is 104 cm³/mol. The van der Waals surface area contributed by atoms with Gasteiger partial charge in [0.1, 0.15) is 11.0 Å². The Bertz CT molecular complexity index is 1190. The molecule has 7 heteroatoms. The molecule has 2 N–H and O–H groups in total. The number of H-pyrrole nitrogens is 1. The standard InChI is InChI=1S/C19H16N4O2S/c1-10(2)14-9-18(24)21-16-8-12(4-5-13(14)16)20-19(25)11-3-6-15-17(7-11)23-26-22-15/h3-10H,1-2H3,(H,20,25)(H,21,24). The molecule has 0 radical (unpaired) electrons. The zero-order chi connectivity index (χ0) is 18.3. The number of amides is 1. The summed E-state index contributed by atoms with van der Waals surface area (Å²) in [5, 5.41) is 3.85. The van der Waals surface area contributed by atoms with E-state index in [1.807, 2.05) is 26.0 Å². The van der Waals surface area contributed by atoms with E-state index < -0.39 is 0 Å². The average Bonchev–Trinajstić information content (AvgIpc) is 3.08. The van der Waals surface area contributed by atoms with Gasteiger partial charge in [0.05, 0.1) is 17.2 Å². The molecule has 6 nitrogen and oxygen atoms in total. The average molecular weight is 364 g/mol. The van der Waals surface area contributed by atoms with Crippen molar-refractivity contribution in [1.82, 2.24) is 13.7 Å². The Kier molecular flexibility index (Phi) is 4.00. The van der Waals surface area contributed by atoms with Gasteiger partial charge in [-0.1, -0.05) is 19.9 Å². The Balaban J connectivity index is 1.68. The van der Waals surface area contributed by atoms with Crippen LogP contribution in [0.25, 0.3) is 21.9 Å². The van der Waals surface area contributed by atoms with Crippen molar-refractivity contribution in [2.75, 3.05) is 5.32 Å². The predicted octanol–water partition coefficient (Wildman–Crippen LogP) is 3.91. The Labute approximate surface area is 153 Å². The monoisotopic (exact) mass is 364 g/mol. The summed E-state index contributed by atoms with van der Waals surface area (Å²) in [6.07, 6.45) is 0. The Morgan fingerprint density at radius 2 is 1.88 bits per heavy atom. The van der Waals surface area contributed by atoms with E-state index >= 15 is 0 Å². The number of aromatic amines is 1. The summed E-state index contributed by atoms with van der Waals surface area (Å²) in [6, 6.07) is 12.4. The summed E-state index contributed by atoms with van der Waals surface area (Å²) in [5.41, 5.74) is 4.15. The number of carbonyl (C=O) groups excluding carboxylic acids is 1. The molecule has 0 atom stereocenters. The molecular weight excluding hydrogens is 348 g/mol. The van der Waals surface area contributed by atoms with Crippen LogP contribution in [-0.4, -0.2) is 19.6 Å². The van der Waals surface area contributed by atoms with Gasteiger partial charge in [-0.05, 0) is 41.8 Å². The first-order chi connectivity index (χ1) is 12.5. The number of nitrogens with one attached hydrogen (secondary N) is 2. The largest absolute Gasteiger partial charge is 0.322 e. The second-order valence-electron chi connectivity index (χ2n) is 6.43. The fraction of sp³-hybridized carbons (Fsp3) is 0.158. The van der Waals surface area contributed by atoms with E-state index in [2.05, 4.69) is 19.0 Å². The lowest BCUT2D eigenvalue weighted by molar-refractivity contribution is 0.102. The van der Waals surface area contributed by atoms with Gasteiger partial charge in [-0.15, -0.1) is 0 Å². The van der Waals surface area contributed by atoms with E-state index in [-0.39, 0.29) is 17.4 Å². The molecule has 0 unspecified atom stereocenters. The lowest BCUT2D eigenvalue weighted by Crippen LogP contribution is -2.12. The number of nitrogens with zero attached hydrogens (tertiary/aromatic N) is 2. The van der Waals surface area contributed by atoms with Gasteiger partial charge >= 0.3 is 0 Å². The molecule has 2 aromatic heterocycles. The van der Waals surface area contributed by atoms with Crippen molar-refractivity contribution in [1.29, 1.82) is 0 Å². The van der Waals surface area contributed by atoms with E-state index in [4.69, 9.17) is 0 Å². The number of hydrogen-bond donors (Lipinski definition) is 2. The molecule has 0 aliphatic carbocycles. The lowest BCUT2D eigenvalue weighted by atomic mass is 9.99. The van der Waals surface area contributed by atoms with Crippen LogP contribution in [0.3, 0.4) is 0 Å². The maximum atomic E-state index is 12.5. The van der Waals surface area contributed by atoms with Crippen LogP contribution in [0, 0.1) is 0 Å². The SMILES string of the molecule is CC(C)c1cc(=O)[nH]c2cc(NC(=O)c3ccc4nsnc4c3)ccc12. The second kappa shape index (κ2) is 6.34. The van der Waals surface area contributed by atoms with Crippen molar-refractivity contribution in [3.05, 3.63) is 63.9 Å². The van der Waals surface area contributed by atoms with Crippen molar-refractivity contribution in [2.24, 2.45) is 0 Å². The van der Waals surface area contributed by atoms with Gasteiger partial charge in [0, 0.05) is 22.7 Å². The molecule has 0 saturated heterocycles. The fourth-order valence-corrected chi connectivity index (χ4v) is 3.49. The molecule has 0 aliphatic rings. The third-order valence-electron chi connectivity index (χ3n) is 4.27. The van der Waals surface area contributed by atoms with Crippen molar-refractivity contribution in [3.63, 3.8) is 0 Å². The van der Waals surface area contributed by atoms with Gasteiger partial charge in [-0.2, -0.15) is 8.75 Å². The van der Waals surface area contributed by atoms with Crippen molar-refractivity contribution >= 4 is 45.3 Å². The number of fused-ring (bicyclic) bond motifs is 2. The summed E-state index contributed by atoms with van der Waals surface area (Å²) in [6.45, 7) is 4.10. The number of benzene rings is 2. The van der Waals surface area contributed by atoms with Crippen LogP contribution in [-0.2, 0) is 0 Å². The molecule has 130 valence electrons. The normalized spacial score (nSPS) is 11.3. The van der Waals surface area contributed by atoms with Gasteiger partial charge in [-0.3, -0.25) is 9.59 Å². The van der Waals surface area contributed by atoms with E-state index in [0.717, 1.165) is 28.2 Å². The maximum absolute atomic E-state index is 12.5. The van der Waals surface area contributed by atoms with Crippen LogP contribution >= 0.6 is 11.7 Å². The highest BCUT2D eigenvalue weighted by molar-refractivity contribution is 7.00. The minimum absolute atomic E-state index is 0.147. The summed E-state index contributed by atoms with van der Waals surface area (Å²) in [5.74, 6) is 0.000278. The third kappa shape index (κ3) is 2.97. The molecule has 0 spiro atoms. The van der Waals surface area contributed by atoms with E-state index in [1.54, 1.807) is 30.3 Å². The molecule has 4 rings (SSSR count). The number of anilines is 1. The molecule has 0 aliphatic heterocycles. The lowest BCUT2D eigenvalue weighted by Gasteiger charge is -2.11. The Hall–Kier alpha value is -3.06. The van der Waals surface area contributed by atoms with Crippen molar-refractivity contribution in [2.45, 2.75) is 19.8 Å². The minimum atomic E-state index is -0.235. The van der Waals surface area contributed by atoms with Gasteiger partial charge < -0.3 is 10.3 Å². The zero-order valence-electron chi connectivity index (χ0n) is 14.2. The molecule has 0 saturated carbocycles. The molecule has 26 heavy (non-hydrogen) atoms. The van der Waals surface area contributed by atoms with Gasteiger partial charge in [0.25, 0.3) is 5.91 Å². The maximum Gasteiger partial charge on any atom is 0.255 e.